The summed E-state index contributed by atoms with van der Waals surface area (Å²) >= 11 is 0. The average Bonchev–Trinajstić information content (AvgIpc) is 1.91. The first-order valence-corrected chi connectivity index (χ1v) is 2.63. The average molecular weight is 142 g/mol. The third-order valence-electron chi connectivity index (χ3n) is 0.730. The number of rotatable bonds is 5. The maximum absolute atomic E-state index is 8.27. The monoisotopic (exact) mass is 142 g/mol. The molecular weight excluding hydrogens is 130 g/mol. The van der Waals surface area contributed by atoms with E-state index in [1.165, 1.54) is 14.2 Å². The van der Waals surface area contributed by atoms with Crippen LogP contribution in [0, 0.1) is 0 Å². The Bertz CT molecular complexity index is 66.1. The molecule has 0 atom stereocenters. The zero-order valence-corrected chi connectivity index (χ0v) is 6.66. The fraction of sp³-hybridized carbons (Fsp3) is 1.00. The summed E-state index contributed by atoms with van der Waals surface area (Å²) in [6.07, 6.45) is 0. The van der Waals surface area contributed by atoms with Gasteiger partial charge in [-0.25, -0.2) is 0 Å². The van der Waals surface area contributed by atoms with Crippen LogP contribution in [0.5, 0.6) is 0 Å². The molecule has 0 rings (SSSR count). The third-order valence-corrected chi connectivity index (χ3v) is 0.730. The van der Waals surface area contributed by atoms with E-state index >= 15 is 0 Å². The zero-order chi connectivity index (χ0) is 7.11. The summed E-state index contributed by atoms with van der Waals surface area (Å²) in [6, 6.07) is 0. The van der Waals surface area contributed by atoms with Crippen molar-refractivity contribution in [2.24, 2.45) is 0 Å². The Labute approximate surface area is 74.7 Å². The number of aliphatic hydroxyl groups excluding tert-OH is 1. The molecule has 1 N–H and O–H groups in total. The molecule has 56 valence electrons. The van der Waals surface area contributed by atoms with E-state index in [0.717, 1.165) is 0 Å². The minimum Gasteiger partial charge on any atom is -1.00 e. The molecule has 0 bridgehead atoms. The molecule has 6 heteroatoms. The number of aliphatic hydroxyl groups is 1. The van der Waals surface area contributed by atoms with Crippen molar-refractivity contribution in [1.82, 2.24) is 0 Å². The minimum absolute atomic E-state index is 0. The summed E-state index contributed by atoms with van der Waals surface area (Å²) < 4.78 is 14.1. The second-order valence-corrected chi connectivity index (χ2v) is 1.35. The van der Waals surface area contributed by atoms with Crippen molar-refractivity contribution in [3.05, 3.63) is 0 Å². The Morgan fingerprint density at radius 2 is 1.90 bits per heavy atom. The van der Waals surface area contributed by atoms with Crippen LogP contribution < -0.4 is 18.9 Å². The van der Waals surface area contributed by atoms with E-state index in [9.17, 15) is 0 Å². The Kier molecular flexibility index (Phi) is 12.5. The van der Waals surface area contributed by atoms with Crippen LogP contribution in [0.25, 0.3) is 0 Å². The van der Waals surface area contributed by atoms with E-state index in [1.54, 1.807) is 0 Å². The smallest absolute Gasteiger partial charge is 1.00 e. The van der Waals surface area contributed by atoms with Gasteiger partial charge >= 0.3 is 26.2 Å². The first-order chi connectivity index (χ1) is 4.35. The van der Waals surface area contributed by atoms with Crippen LogP contribution in [0.2, 0.25) is 0 Å². The van der Waals surface area contributed by atoms with Crippen LogP contribution in [0.4, 0.5) is 0 Å². The molecule has 0 aliphatic rings. The van der Waals surface area contributed by atoms with Crippen molar-refractivity contribution in [3.63, 3.8) is 0 Å². The molecule has 4 nitrogen and oxygen atoms in total. The van der Waals surface area contributed by atoms with Gasteiger partial charge in [-0.2, -0.15) is 0 Å². The van der Waals surface area contributed by atoms with E-state index in [0.29, 0.717) is 0 Å². The molecule has 0 aliphatic heterocycles. The summed E-state index contributed by atoms with van der Waals surface area (Å²) in [5.41, 5.74) is 0. The van der Waals surface area contributed by atoms with E-state index in [-0.39, 0.29) is 33.5 Å². The SMILES string of the molecule is COB(OC)OCCO.[H-].[Li+]. The van der Waals surface area contributed by atoms with Gasteiger partial charge in [-0.3, -0.25) is 0 Å². The molecule has 0 saturated carbocycles. The summed E-state index contributed by atoms with van der Waals surface area (Å²) in [5, 5.41) is 8.27. The van der Waals surface area contributed by atoms with E-state index in [2.05, 4.69) is 9.31 Å². The summed E-state index contributed by atoms with van der Waals surface area (Å²) in [4.78, 5) is 0. The van der Waals surface area contributed by atoms with Gasteiger partial charge in [0.2, 0.25) is 0 Å². The summed E-state index contributed by atoms with van der Waals surface area (Å²) in [7, 11) is 2.27. The van der Waals surface area contributed by atoms with E-state index in [1.807, 2.05) is 0 Å². The molecule has 0 amide bonds. The van der Waals surface area contributed by atoms with Crippen LogP contribution in [-0.4, -0.2) is 39.9 Å². The molecule has 0 aromatic rings. The van der Waals surface area contributed by atoms with E-state index in [4.69, 9.17) is 9.76 Å². The van der Waals surface area contributed by atoms with Crippen LogP contribution in [-0.2, 0) is 14.0 Å². The maximum Gasteiger partial charge on any atom is 1.00 e. The van der Waals surface area contributed by atoms with Crippen molar-refractivity contribution < 1.29 is 39.4 Å². The molecule has 0 heterocycles. The number of hydrogen-bond donors (Lipinski definition) is 1. The van der Waals surface area contributed by atoms with Crippen molar-refractivity contribution >= 4 is 7.32 Å². The van der Waals surface area contributed by atoms with Gasteiger partial charge in [0, 0.05) is 14.2 Å². The molecule has 0 spiro atoms. The van der Waals surface area contributed by atoms with Gasteiger partial charge in [0.05, 0.1) is 13.2 Å². The maximum atomic E-state index is 8.27. The first-order valence-electron chi connectivity index (χ1n) is 2.63. The van der Waals surface area contributed by atoms with Gasteiger partial charge in [-0.05, 0) is 0 Å². The predicted molar refractivity (Wildman–Crippen MR) is 33.9 cm³/mol. The molecule has 0 fully saturated rings. The third kappa shape index (κ3) is 6.62. The van der Waals surface area contributed by atoms with Gasteiger partial charge in [0.15, 0.2) is 0 Å². The van der Waals surface area contributed by atoms with Gasteiger partial charge < -0.3 is 20.5 Å². The van der Waals surface area contributed by atoms with Crippen LogP contribution in [0.3, 0.4) is 0 Å². The predicted octanol–water partition coefficient (Wildman–Crippen LogP) is -3.61. The molecule has 0 aromatic carbocycles. The molecule has 0 saturated heterocycles. The van der Waals surface area contributed by atoms with Crippen LogP contribution in [0.15, 0.2) is 0 Å². The normalized spacial score (nSPS) is 8.70. The van der Waals surface area contributed by atoms with Gasteiger partial charge in [-0.1, -0.05) is 0 Å². The quantitative estimate of drug-likeness (QED) is 0.402. The summed E-state index contributed by atoms with van der Waals surface area (Å²) in [5.74, 6) is 0. The zero-order valence-electron chi connectivity index (χ0n) is 7.66. The molecule has 0 unspecified atom stereocenters. The second-order valence-electron chi connectivity index (χ2n) is 1.35. The van der Waals surface area contributed by atoms with Crippen molar-refractivity contribution in [1.29, 1.82) is 0 Å². The molecular formula is C4H12BLiO4. The molecule has 0 aliphatic carbocycles. The fourth-order valence-electron chi connectivity index (χ4n) is 0.381. The Morgan fingerprint density at radius 3 is 2.20 bits per heavy atom. The van der Waals surface area contributed by atoms with Crippen molar-refractivity contribution in [3.8, 4) is 0 Å². The van der Waals surface area contributed by atoms with Crippen molar-refractivity contribution in [2.45, 2.75) is 0 Å². The largest absolute Gasteiger partial charge is 1.00 e. The van der Waals surface area contributed by atoms with E-state index < -0.39 is 7.32 Å². The van der Waals surface area contributed by atoms with Gasteiger partial charge in [0.1, 0.15) is 0 Å². The topological polar surface area (TPSA) is 47.9 Å². The molecule has 0 aromatic heterocycles. The fourth-order valence-corrected chi connectivity index (χ4v) is 0.381. The van der Waals surface area contributed by atoms with Gasteiger partial charge in [0.25, 0.3) is 0 Å². The van der Waals surface area contributed by atoms with Crippen molar-refractivity contribution in [2.75, 3.05) is 27.4 Å². The summed E-state index contributed by atoms with van der Waals surface area (Å²) in [6.45, 7) is 0.204. The Balaban J connectivity index is -0.000000320. The first kappa shape index (κ1) is 13.1. The van der Waals surface area contributed by atoms with Gasteiger partial charge in [-0.15, -0.1) is 0 Å². The van der Waals surface area contributed by atoms with Crippen LogP contribution in [0.1, 0.15) is 1.43 Å². The minimum atomic E-state index is -0.655. The van der Waals surface area contributed by atoms with Crippen LogP contribution >= 0.6 is 0 Å². The standard InChI is InChI=1S/C4H11BO4.Li.H/c1-7-5(8-2)9-4-3-6;;/h6H,3-4H2,1-2H3;;/q;+1;-1. The molecule has 0 radical (unpaired) electrons. The Morgan fingerprint density at radius 1 is 1.40 bits per heavy atom. The second kappa shape index (κ2) is 9.50. The number of hydrogen-bond acceptors (Lipinski definition) is 4. The Hall–Kier alpha value is 0.502. The molecule has 10 heavy (non-hydrogen) atoms.